The smallest absolute Gasteiger partial charge is 0.333 e. The molecule has 174 valence electrons. The van der Waals surface area contributed by atoms with Crippen molar-refractivity contribution >= 4 is 26.6 Å². The normalized spacial score (nSPS) is 14.0. The number of fused-ring (bicyclic) bond motifs is 2. The van der Waals surface area contributed by atoms with Crippen LogP contribution in [-0.4, -0.2) is 31.6 Å². The molecule has 8 nitrogen and oxygen atoms in total. The van der Waals surface area contributed by atoms with E-state index in [1.54, 1.807) is 49.6 Å². The zero-order valence-electron chi connectivity index (χ0n) is 18.5. The van der Waals surface area contributed by atoms with Gasteiger partial charge in [-0.2, -0.15) is 0 Å². The molecule has 0 saturated carbocycles. The fourth-order valence-electron chi connectivity index (χ4n) is 4.46. The second-order valence-corrected chi connectivity index (χ2v) is 9.97. The number of nitrogens with one attached hydrogen (secondary N) is 1. The first kappa shape index (κ1) is 22.0. The SMILES string of the molecule is COc1cccc2c1CCCCN2S(=O)(=O)c1cccc(-n2c(=O)[nH]c3ccccc3c2=O)c1. The molecule has 3 aromatic carbocycles. The van der Waals surface area contributed by atoms with Crippen LogP contribution in [-0.2, 0) is 16.4 Å². The Morgan fingerprint density at radius 2 is 1.74 bits per heavy atom. The zero-order valence-corrected chi connectivity index (χ0v) is 19.3. The second kappa shape index (κ2) is 8.49. The molecule has 0 spiro atoms. The van der Waals surface area contributed by atoms with Gasteiger partial charge < -0.3 is 9.72 Å². The summed E-state index contributed by atoms with van der Waals surface area (Å²) in [5.74, 6) is 0.655. The van der Waals surface area contributed by atoms with Crippen LogP contribution in [0, 0.1) is 0 Å². The summed E-state index contributed by atoms with van der Waals surface area (Å²) in [5, 5.41) is 0.337. The standard InChI is InChI=1S/C25H23N3O5S/c1-33-23-14-7-13-22-20(23)11-4-5-15-27(22)34(31,32)18-9-6-8-17(16-18)28-24(29)19-10-2-3-12-21(19)26-25(28)30/h2-3,6-10,12-14,16H,4-5,11,15H2,1H3,(H,26,30). The van der Waals surface area contributed by atoms with Crippen molar-refractivity contribution in [3.8, 4) is 11.4 Å². The van der Waals surface area contributed by atoms with Crippen molar-refractivity contribution < 1.29 is 13.2 Å². The van der Waals surface area contributed by atoms with Crippen molar-refractivity contribution in [3.63, 3.8) is 0 Å². The Kier molecular flexibility index (Phi) is 5.49. The topological polar surface area (TPSA) is 101 Å². The van der Waals surface area contributed by atoms with E-state index in [-0.39, 0.29) is 10.6 Å². The molecule has 0 unspecified atom stereocenters. The lowest BCUT2D eigenvalue weighted by Gasteiger charge is -2.25. The number of aromatic nitrogens is 2. The van der Waals surface area contributed by atoms with E-state index >= 15 is 0 Å². The van der Waals surface area contributed by atoms with E-state index in [2.05, 4.69) is 4.98 Å². The first-order chi connectivity index (χ1) is 16.4. The van der Waals surface area contributed by atoms with Gasteiger partial charge in [0.2, 0.25) is 0 Å². The minimum Gasteiger partial charge on any atom is -0.496 e. The third kappa shape index (κ3) is 3.58. The van der Waals surface area contributed by atoms with Crippen LogP contribution < -0.4 is 20.3 Å². The highest BCUT2D eigenvalue weighted by molar-refractivity contribution is 7.92. The van der Waals surface area contributed by atoms with Crippen LogP contribution in [0.4, 0.5) is 5.69 Å². The Morgan fingerprint density at radius 1 is 0.941 bits per heavy atom. The first-order valence-electron chi connectivity index (χ1n) is 10.9. The van der Waals surface area contributed by atoms with Crippen LogP contribution in [0.15, 0.2) is 81.2 Å². The number of nitrogens with zero attached hydrogens (tertiary/aromatic N) is 2. The highest BCUT2D eigenvalue weighted by Crippen LogP contribution is 2.36. The number of sulfonamides is 1. The molecule has 0 amide bonds. The maximum Gasteiger partial charge on any atom is 0.333 e. The van der Waals surface area contributed by atoms with Crippen LogP contribution in [0.5, 0.6) is 5.75 Å². The average molecular weight is 478 g/mol. The molecule has 1 aliphatic rings. The van der Waals surface area contributed by atoms with Gasteiger partial charge in [0.05, 0.1) is 34.3 Å². The van der Waals surface area contributed by atoms with Gasteiger partial charge in [-0.15, -0.1) is 0 Å². The van der Waals surface area contributed by atoms with Crippen LogP contribution in [0.25, 0.3) is 16.6 Å². The molecular formula is C25H23N3O5S. The predicted octanol–water partition coefficient (Wildman–Crippen LogP) is 3.22. The Bertz CT molecular complexity index is 1620. The molecule has 0 radical (unpaired) electrons. The van der Waals surface area contributed by atoms with E-state index < -0.39 is 21.3 Å². The number of hydrogen-bond donors (Lipinski definition) is 1. The van der Waals surface area contributed by atoms with Crippen LogP contribution in [0.3, 0.4) is 0 Å². The van der Waals surface area contributed by atoms with Gasteiger partial charge in [0.25, 0.3) is 15.6 Å². The number of rotatable bonds is 4. The molecule has 0 bridgehead atoms. The third-order valence-electron chi connectivity index (χ3n) is 6.10. The number of hydrogen-bond acceptors (Lipinski definition) is 5. The monoisotopic (exact) mass is 477 g/mol. The Morgan fingerprint density at radius 3 is 2.56 bits per heavy atom. The second-order valence-electron chi connectivity index (χ2n) is 8.11. The summed E-state index contributed by atoms with van der Waals surface area (Å²) in [5.41, 5.74) is 0.890. The molecule has 9 heteroatoms. The number of aromatic amines is 1. The Balaban J connectivity index is 1.65. The molecule has 1 aromatic heterocycles. The van der Waals surface area contributed by atoms with Crippen molar-refractivity contribution in [2.24, 2.45) is 0 Å². The molecule has 0 fully saturated rings. The molecule has 2 heterocycles. The largest absolute Gasteiger partial charge is 0.496 e. The third-order valence-corrected chi connectivity index (χ3v) is 7.91. The lowest BCUT2D eigenvalue weighted by molar-refractivity contribution is 0.409. The number of methoxy groups -OCH3 is 1. The van der Waals surface area contributed by atoms with Crippen LogP contribution in [0.1, 0.15) is 18.4 Å². The van der Waals surface area contributed by atoms with Crippen molar-refractivity contribution in [1.29, 1.82) is 0 Å². The summed E-state index contributed by atoms with van der Waals surface area (Å²) < 4.78 is 35.4. The molecule has 0 aliphatic carbocycles. The van der Waals surface area contributed by atoms with Gasteiger partial charge in [-0.05, 0) is 61.7 Å². The fraction of sp³-hybridized carbons (Fsp3) is 0.200. The molecule has 34 heavy (non-hydrogen) atoms. The minimum atomic E-state index is -3.97. The maximum absolute atomic E-state index is 13.8. The van der Waals surface area contributed by atoms with E-state index in [1.165, 1.54) is 22.5 Å². The van der Waals surface area contributed by atoms with Gasteiger partial charge in [-0.1, -0.05) is 24.3 Å². The number of H-pyrrole nitrogens is 1. The highest BCUT2D eigenvalue weighted by Gasteiger charge is 2.29. The first-order valence-corrected chi connectivity index (χ1v) is 12.4. The summed E-state index contributed by atoms with van der Waals surface area (Å²) in [6, 6.07) is 18.0. The highest BCUT2D eigenvalue weighted by atomic mass is 32.2. The number of para-hydroxylation sites is 1. The molecule has 1 N–H and O–H groups in total. The predicted molar refractivity (Wildman–Crippen MR) is 131 cm³/mol. The van der Waals surface area contributed by atoms with E-state index in [4.69, 9.17) is 4.74 Å². The van der Waals surface area contributed by atoms with E-state index in [9.17, 15) is 18.0 Å². The van der Waals surface area contributed by atoms with Gasteiger partial charge in [0.15, 0.2) is 0 Å². The summed E-state index contributed by atoms with van der Waals surface area (Å²) in [7, 11) is -2.40. The van der Waals surface area contributed by atoms with Crippen molar-refractivity contribution in [2.75, 3.05) is 18.0 Å². The molecule has 0 atom stereocenters. The molecule has 1 aliphatic heterocycles. The average Bonchev–Trinajstić information content (AvgIpc) is 3.07. The molecule has 5 rings (SSSR count). The van der Waals surface area contributed by atoms with Crippen molar-refractivity contribution in [1.82, 2.24) is 9.55 Å². The molecule has 0 saturated heterocycles. The number of benzene rings is 3. The van der Waals surface area contributed by atoms with Gasteiger partial charge in [0, 0.05) is 12.1 Å². The van der Waals surface area contributed by atoms with Gasteiger partial charge in [0.1, 0.15) is 5.75 Å². The van der Waals surface area contributed by atoms with Crippen LogP contribution in [0.2, 0.25) is 0 Å². The van der Waals surface area contributed by atoms with Crippen molar-refractivity contribution in [2.45, 2.75) is 24.2 Å². The Hall–Kier alpha value is -3.85. The fourth-order valence-corrected chi connectivity index (χ4v) is 6.04. The van der Waals surface area contributed by atoms with Gasteiger partial charge in [-0.25, -0.2) is 17.8 Å². The number of ether oxygens (including phenoxy) is 1. The lowest BCUT2D eigenvalue weighted by Crippen LogP contribution is -2.34. The summed E-state index contributed by atoms with van der Waals surface area (Å²) >= 11 is 0. The molecule has 4 aromatic rings. The van der Waals surface area contributed by atoms with Gasteiger partial charge in [-0.3, -0.25) is 9.10 Å². The van der Waals surface area contributed by atoms with E-state index in [1.807, 2.05) is 6.07 Å². The Labute approximate surface area is 196 Å². The maximum atomic E-state index is 13.8. The number of anilines is 1. The summed E-state index contributed by atoms with van der Waals surface area (Å²) in [6.45, 7) is 0.323. The summed E-state index contributed by atoms with van der Waals surface area (Å²) in [6.07, 6.45) is 2.25. The van der Waals surface area contributed by atoms with Crippen molar-refractivity contribution in [3.05, 3.63) is 93.1 Å². The summed E-state index contributed by atoms with van der Waals surface area (Å²) in [4.78, 5) is 28.5. The lowest BCUT2D eigenvalue weighted by atomic mass is 10.1. The van der Waals surface area contributed by atoms with E-state index in [0.29, 0.717) is 41.7 Å². The van der Waals surface area contributed by atoms with Crippen LogP contribution >= 0.6 is 0 Å². The zero-order chi connectivity index (χ0) is 23.9. The van der Waals surface area contributed by atoms with E-state index in [0.717, 1.165) is 16.6 Å². The quantitative estimate of drug-likeness (QED) is 0.486. The molecular weight excluding hydrogens is 454 g/mol. The minimum absolute atomic E-state index is 0.000119. The van der Waals surface area contributed by atoms with Gasteiger partial charge >= 0.3 is 5.69 Å².